The minimum atomic E-state index is -0.722. The van der Waals surface area contributed by atoms with Crippen molar-refractivity contribution in [3.63, 3.8) is 0 Å². The fourth-order valence-corrected chi connectivity index (χ4v) is 2.44. The monoisotopic (exact) mass is 360 g/mol. The van der Waals surface area contributed by atoms with Gasteiger partial charge in [0.15, 0.2) is 0 Å². The first-order valence-corrected chi connectivity index (χ1v) is 7.87. The standard InChI is InChI=1S/C17H18F2N6O/c1-10-6-20-17(22-14-7-21-25(2)8-14)24-16(10)23-15(9-26)11-3-12(18)5-13(19)4-11/h3-8,15,26H,9H2,1-2H3,(H2,20,22,23,24). The van der Waals surface area contributed by atoms with Crippen molar-refractivity contribution in [3.05, 3.63) is 59.6 Å². The second kappa shape index (κ2) is 7.44. The second-order valence-electron chi connectivity index (χ2n) is 5.84. The molecule has 1 unspecified atom stereocenters. The van der Waals surface area contributed by atoms with Gasteiger partial charge in [-0.15, -0.1) is 0 Å². The largest absolute Gasteiger partial charge is 0.394 e. The molecule has 0 bridgehead atoms. The van der Waals surface area contributed by atoms with Crippen molar-refractivity contribution in [1.29, 1.82) is 0 Å². The molecule has 2 heterocycles. The van der Waals surface area contributed by atoms with E-state index < -0.39 is 17.7 Å². The van der Waals surface area contributed by atoms with E-state index in [0.29, 0.717) is 17.5 Å². The van der Waals surface area contributed by atoms with Gasteiger partial charge in [0, 0.05) is 31.1 Å². The average Bonchev–Trinajstić information content (AvgIpc) is 2.99. The lowest BCUT2D eigenvalue weighted by Crippen LogP contribution is -2.17. The summed E-state index contributed by atoms with van der Waals surface area (Å²) in [6, 6.07) is 2.40. The molecular formula is C17H18F2N6O. The Hall–Kier alpha value is -3.07. The highest BCUT2D eigenvalue weighted by Crippen LogP contribution is 2.23. The number of aliphatic hydroxyl groups is 1. The molecule has 0 spiro atoms. The molecule has 0 amide bonds. The lowest BCUT2D eigenvalue weighted by atomic mass is 10.1. The predicted molar refractivity (Wildman–Crippen MR) is 93.1 cm³/mol. The van der Waals surface area contributed by atoms with Crippen molar-refractivity contribution in [2.45, 2.75) is 13.0 Å². The summed E-state index contributed by atoms with van der Waals surface area (Å²) in [5.41, 5.74) is 1.72. The highest BCUT2D eigenvalue weighted by molar-refractivity contribution is 5.55. The number of hydrogen-bond acceptors (Lipinski definition) is 6. The Balaban J connectivity index is 1.84. The first-order valence-electron chi connectivity index (χ1n) is 7.87. The summed E-state index contributed by atoms with van der Waals surface area (Å²) in [6.07, 6.45) is 5.00. The van der Waals surface area contributed by atoms with Crippen LogP contribution in [-0.4, -0.2) is 31.5 Å². The van der Waals surface area contributed by atoms with E-state index in [9.17, 15) is 13.9 Å². The van der Waals surface area contributed by atoms with Gasteiger partial charge in [-0.1, -0.05) is 0 Å². The van der Waals surface area contributed by atoms with Gasteiger partial charge in [-0.2, -0.15) is 10.1 Å². The number of anilines is 3. The average molecular weight is 360 g/mol. The third-order valence-corrected chi connectivity index (χ3v) is 3.71. The number of nitrogens with one attached hydrogen (secondary N) is 2. The Morgan fingerprint density at radius 3 is 2.54 bits per heavy atom. The minimum absolute atomic E-state index is 0.282. The van der Waals surface area contributed by atoms with Gasteiger partial charge in [0.2, 0.25) is 5.95 Å². The molecule has 9 heteroatoms. The number of hydrogen-bond donors (Lipinski definition) is 3. The Morgan fingerprint density at radius 2 is 1.92 bits per heavy atom. The molecule has 1 aromatic carbocycles. The molecular weight excluding hydrogens is 342 g/mol. The molecule has 0 radical (unpaired) electrons. The number of benzene rings is 1. The third kappa shape index (κ3) is 4.12. The zero-order valence-electron chi connectivity index (χ0n) is 14.2. The zero-order chi connectivity index (χ0) is 18.7. The van der Waals surface area contributed by atoms with E-state index >= 15 is 0 Å². The summed E-state index contributed by atoms with van der Waals surface area (Å²) in [7, 11) is 1.79. The number of halogens is 2. The molecule has 0 saturated heterocycles. The van der Waals surface area contributed by atoms with Crippen LogP contribution in [0.15, 0.2) is 36.8 Å². The highest BCUT2D eigenvalue weighted by Gasteiger charge is 2.15. The van der Waals surface area contributed by atoms with E-state index in [0.717, 1.165) is 11.6 Å². The van der Waals surface area contributed by atoms with Gasteiger partial charge in [0.05, 0.1) is 24.5 Å². The van der Waals surface area contributed by atoms with Crippen molar-refractivity contribution in [3.8, 4) is 0 Å². The smallest absolute Gasteiger partial charge is 0.229 e. The normalized spacial score (nSPS) is 12.0. The van der Waals surface area contributed by atoms with Gasteiger partial charge in [-0.05, 0) is 24.6 Å². The van der Waals surface area contributed by atoms with Crippen molar-refractivity contribution < 1.29 is 13.9 Å². The van der Waals surface area contributed by atoms with Crippen LogP contribution in [0.4, 0.5) is 26.2 Å². The molecule has 0 aliphatic carbocycles. The summed E-state index contributed by atoms with van der Waals surface area (Å²) in [4.78, 5) is 8.56. The third-order valence-electron chi connectivity index (χ3n) is 3.71. The topological polar surface area (TPSA) is 87.9 Å². The second-order valence-corrected chi connectivity index (χ2v) is 5.84. The maximum atomic E-state index is 13.5. The van der Waals surface area contributed by atoms with Crippen LogP contribution in [-0.2, 0) is 7.05 Å². The number of nitrogens with zero attached hydrogens (tertiary/aromatic N) is 4. The van der Waals surface area contributed by atoms with Crippen LogP contribution in [0, 0.1) is 18.6 Å². The minimum Gasteiger partial charge on any atom is -0.394 e. The lowest BCUT2D eigenvalue weighted by Gasteiger charge is -2.19. The Bertz CT molecular complexity index is 894. The summed E-state index contributed by atoms with van der Waals surface area (Å²) in [5.74, 6) is -0.652. The maximum Gasteiger partial charge on any atom is 0.229 e. The van der Waals surface area contributed by atoms with Crippen molar-refractivity contribution in [2.75, 3.05) is 17.2 Å². The fraction of sp³-hybridized carbons (Fsp3) is 0.235. The summed E-state index contributed by atoms with van der Waals surface area (Å²) in [5, 5.41) is 19.7. The summed E-state index contributed by atoms with van der Waals surface area (Å²) in [6.45, 7) is 1.43. The molecule has 0 aliphatic rings. The quantitative estimate of drug-likeness (QED) is 0.626. The predicted octanol–water partition coefficient (Wildman–Crippen LogP) is 2.69. The zero-order valence-corrected chi connectivity index (χ0v) is 14.2. The first kappa shape index (κ1) is 17.7. The molecule has 0 fully saturated rings. The van der Waals surface area contributed by atoms with Gasteiger partial charge < -0.3 is 15.7 Å². The Morgan fingerprint density at radius 1 is 1.19 bits per heavy atom. The van der Waals surface area contributed by atoms with Gasteiger partial charge in [0.1, 0.15) is 17.5 Å². The molecule has 0 saturated carbocycles. The molecule has 3 rings (SSSR count). The maximum absolute atomic E-state index is 13.5. The van der Waals surface area contributed by atoms with Gasteiger partial charge >= 0.3 is 0 Å². The van der Waals surface area contributed by atoms with E-state index in [4.69, 9.17) is 0 Å². The first-order chi connectivity index (χ1) is 12.4. The molecule has 0 aliphatic heterocycles. The lowest BCUT2D eigenvalue weighted by molar-refractivity contribution is 0.275. The number of aromatic nitrogens is 4. The highest BCUT2D eigenvalue weighted by atomic mass is 19.1. The number of rotatable bonds is 6. The number of aryl methyl sites for hydroxylation is 2. The fourth-order valence-electron chi connectivity index (χ4n) is 2.44. The van der Waals surface area contributed by atoms with Crippen LogP contribution in [0.1, 0.15) is 17.2 Å². The van der Waals surface area contributed by atoms with Crippen LogP contribution in [0.25, 0.3) is 0 Å². The molecule has 3 N–H and O–H groups in total. The van der Waals surface area contributed by atoms with E-state index in [2.05, 4.69) is 25.7 Å². The van der Waals surface area contributed by atoms with Gasteiger partial charge in [-0.25, -0.2) is 13.8 Å². The Kier molecular flexibility index (Phi) is 5.08. The molecule has 7 nitrogen and oxygen atoms in total. The van der Waals surface area contributed by atoms with Crippen LogP contribution in [0.3, 0.4) is 0 Å². The van der Waals surface area contributed by atoms with Gasteiger partial charge in [0.25, 0.3) is 0 Å². The van der Waals surface area contributed by atoms with Crippen LogP contribution in [0.2, 0.25) is 0 Å². The molecule has 3 aromatic rings. The van der Waals surface area contributed by atoms with Crippen LogP contribution < -0.4 is 10.6 Å². The number of aliphatic hydroxyl groups excluding tert-OH is 1. The van der Waals surface area contributed by atoms with Crippen molar-refractivity contribution >= 4 is 17.5 Å². The molecule has 136 valence electrons. The van der Waals surface area contributed by atoms with Crippen LogP contribution in [0.5, 0.6) is 0 Å². The van der Waals surface area contributed by atoms with Crippen molar-refractivity contribution in [2.24, 2.45) is 7.05 Å². The van der Waals surface area contributed by atoms with Gasteiger partial charge in [-0.3, -0.25) is 4.68 Å². The Labute approximate surface area is 148 Å². The van der Waals surface area contributed by atoms with E-state index in [-0.39, 0.29) is 12.2 Å². The van der Waals surface area contributed by atoms with Crippen LogP contribution >= 0.6 is 0 Å². The summed E-state index contributed by atoms with van der Waals surface area (Å²) < 4.78 is 28.6. The van der Waals surface area contributed by atoms with E-state index in [1.807, 2.05) is 0 Å². The van der Waals surface area contributed by atoms with E-state index in [1.165, 1.54) is 12.1 Å². The molecule has 2 aromatic heterocycles. The summed E-state index contributed by atoms with van der Waals surface area (Å²) >= 11 is 0. The van der Waals surface area contributed by atoms with E-state index in [1.54, 1.807) is 37.2 Å². The SMILES string of the molecule is Cc1cnc(Nc2cnn(C)c2)nc1NC(CO)c1cc(F)cc(F)c1. The van der Waals surface area contributed by atoms with Crippen molar-refractivity contribution in [1.82, 2.24) is 19.7 Å². The molecule has 1 atom stereocenters. The molecule has 26 heavy (non-hydrogen) atoms.